The summed E-state index contributed by atoms with van der Waals surface area (Å²) in [5.74, 6) is -0.498. The molecule has 0 aromatic heterocycles. The van der Waals surface area contributed by atoms with Crippen molar-refractivity contribution in [3.05, 3.63) is 102 Å². The molecule has 1 nitrogen and oxygen atoms in total. The van der Waals surface area contributed by atoms with Crippen molar-refractivity contribution in [2.24, 2.45) is 0 Å². The number of ether oxygens (including phenoxy) is 1. The Morgan fingerprint density at radius 2 is 1.47 bits per heavy atom. The highest BCUT2D eigenvalue weighted by atomic mass is 19.3. The van der Waals surface area contributed by atoms with E-state index in [1.807, 2.05) is 36.4 Å². The quantitative estimate of drug-likeness (QED) is 0.299. The minimum absolute atomic E-state index is 0.00133. The Morgan fingerprint density at radius 3 is 2.17 bits per heavy atom. The van der Waals surface area contributed by atoms with Crippen molar-refractivity contribution in [1.82, 2.24) is 0 Å². The molecule has 1 unspecified atom stereocenters. The Bertz CT molecular complexity index is 1160. The Kier molecular flexibility index (Phi) is 5.70. The van der Waals surface area contributed by atoms with Crippen LogP contribution >= 0.6 is 0 Å². The second kappa shape index (κ2) is 8.57. The predicted octanol–water partition coefficient (Wildman–Crippen LogP) is 7.50. The maximum absolute atomic E-state index is 14.9. The Hall–Kier alpha value is -3.34. The Labute approximate surface area is 171 Å². The maximum atomic E-state index is 14.9. The number of benzene rings is 4. The normalized spacial score (nSPS) is 12.3. The van der Waals surface area contributed by atoms with E-state index in [0.29, 0.717) is 22.3 Å². The van der Waals surface area contributed by atoms with Gasteiger partial charge in [0.25, 0.3) is 0 Å². The molecule has 4 aromatic carbocycles. The van der Waals surface area contributed by atoms with Crippen molar-refractivity contribution in [3.8, 4) is 16.9 Å². The molecule has 0 bridgehead atoms. The largest absolute Gasteiger partial charge is 0.435 e. The molecule has 0 aliphatic heterocycles. The van der Waals surface area contributed by atoms with Gasteiger partial charge in [0.05, 0.1) is 0 Å². The summed E-state index contributed by atoms with van der Waals surface area (Å²) in [5, 5.41) is 1.99. The summed E-state index contributed by atoms with van der Waals surface area (Å²) >= 11 is 0. The van der Waals surface area contributed by atoms with E-state index in [1.165, 1.54) is 30.3 Å². The lowest BCUT2D eigenvalue weighted by Crippen LogP contribution is -2.01. The van der Waals surface area contributed by atoms with Gasteiger partial charge in [0.2, 0.25) is 0 Å². The summed E-state index contributed by atoms with van der Waals surface area (Å²) in [7, 11) is 0. The molecule has 152 valence electrons. The van der Waals surface area contributed by atoms with Gasteiger partial charge in [-0.05, 0) is 51.7 Å². The second-order valence-corrected chi connectivity index (χ2v) is 7.00. The van der Waals surface area contributed by atoms with Gasteiger partial charge >= 0.3 is 6.61 Å². The first-order valence-electron chi connectivity index (χ1n) is 9.46. The third-order valence-corrected chi connectivity index (χ3v) is 4.97. The van der Waals surface area contributed by atoms with Crippen molar-refractivity contribution in [1.29, 1.82) is 0 Å². The zero-order valence-corrected chi connectivity index (χ0v) is 15.9. The number of alkyl halides is 3. The highest BCUT2D eigenvalue weighted by molar-refractivity contribution is 5.83. The number of hydrogen-bond acceptors (Lipinski definition) is 1. The number of rotatable bonds is 6. The molecule has 0 spiro atoms. The van der Waals surface area contributed by atoms with Gasteiger partial charge in [0.15, 0.2) is 0 Å². The fourth-order valence-electron chi connectivity index (χ4n) is 3.46. The topological polar surface area (TPSA) is 9.23 Å². The monoisotopic (exact) mass is 410 g/mol. The molecule has 30 heavy (non-hydrogen) atoms. The molecule has 0 N–H and O–H groups in total. The van der Waals surface area contributed by atoms with Crippen LogP contribution in [0.4, 0.5) is 17.6 Å². The predicted molar refractivity (Wildman–Crippen MR) is 110 cm³/mol. The molecule has 4 rings (SSSR count). The molecule has 0 amide bonds. The summed E-state index contributed by atoms with van der Waals surface area (Å²) in [4.78, 5) is 0. The van der Waals surface area contributed by atoms with Crippen molar-refractivity contribution >= 4 is 10.8 Å². The van der Waals surface area contributed by atoms with Crippen LogP contribution in [0.15, 0.2) is 84.9 Å². The van der Waals surface area contributed by atoms with E-state index in [-0.39, 0.29) is 12.2 Å². The second-order valence-electron chi connectivity index (χ2n) is 7.00. The summed E-state index contributed by atoms with van der Waals surface area (Å²) in [5.41, 5.74) is 1.91. The first-order chi connectivity index (χ1) is 14.5. The van der Waals surface area contributed by atoms with Crippen molar-refractivity contribution < 1.29 is 22.3 Å². The third-order valence-electron chi connectivity index (χ3n) is 4.97. The number of hydrogen-bond donors (Lipinski definition) is 0. The molecule has 0 saturated heterocycles. The molecule has 4 aromatic rings. The van der Waals surface area contributed by atoms with Gasteiger partial charge in [-0.15, -0.1) is 0 Å². The van der Waals surface area contributed by atoms with Gasteiger partial charge in [-0.3, -0.25) is 0 Å². The molecule has 0 fully saturated rings. The third kappa shape index (κ3) is 4.46. The summed E-state index contributed by atoms with van der Waals surface area (Å²) in [6.07, 6.45) is -1.21. The fraction of sp³-hybridized carbons (Fsp3) is 0.120. The Balaban J connectivity index is 1.51. The highest BCUT2D eigenvalue weighted by Crippen LogP contribution is 2.30. The van der Waals surface area contributed by atoms with Crippen LogP contribution in [0.25, 0.3) is 21.9 Å². The molecule has 0 aliphatic carbocycles. The van der Waals surface area contributed by atoms with Crippen LogP contribution in [0.2, 0.25) is 0 Å². The van der Waals surface area contributed by atoms with Gasteiger partial charge in [-0.25, -0.2) is 8.78 Å². The first-order valence-corrected chi connectivity index (χ1v) is 9.46. The minimum Gasteiger partial charge on any atom is -0.435 e. The van der Waals surface area contributed by atoms with Gasteiger partial charge in [-0.2, -0.15) is 8.78 Å². The molecule has 1 atom stereocenters. The molecule has 5 heteroatoms. The lowest BCUT2D eigenvalue weighted by Gasteiger charge is -2.12. The first kappa shape index (κ1) is 20.0. The maximum Gasteiger partial charge on any atom is 0.387 e. The van der Waals surface area contributed by atoms with E-state index in [1.54, 1.807) is 18.2 Å². The van der Waals surface area contributed by atoms with E-state index in [9.17, 15) is 17.6 Å². The zero-order chi connectivity index (χ0) is 21.1. The molecule has 0 aliphatic rings. The van der Waals surface area contributed by atoms with E-state index in [2.05, 4.69) is 4.74 Å². The zero-order valence-electron chi connectivity index (χ0n) is 15.9. The van der Waals surface area contributed by atoms with Crippen LogP contribution in [-0.2, 0) is 6.42 Å². The van der Waals surface area contributed by atoms with Crippen LogP contribution in [0.1, 0.15) is 17.3 Å². The molecule has 0 radical (unpaired) electrons. The molecular weight excluding hydrogens is 392 g/mol. The van der Waals surface area contributed by atoms with Gasteiger partial charge in [-0.1, -0.05) is 60.7 Å². The molecule has 0 saturated carbocycles. The average molecular weight is 410 g/mol. The van der Waals surface area contributed by atoms with Crippen LogP contribution in [0, 0.1) is 5.82 Å². The smallest absolute Gasteiger partial charge is 0.387 e. The Morgan fingerprint density at radius 1 is 0.733 bits per heavy atom. The van der Waals surface area contributed by atoms with Crippen molar-refractivity contribution in [3.63, 3.8) is 0 Å². The van der Waals surface area contributed by atoms with E-state index >= 15 is 0 Å². The van der Waals surface area contributed by atoms with Crippen LogP contribution in [0.5, 0.6) is 5.75 Å². The summed E-state index contributed by atoms with van der Waals surface area (Å²) in [6.45, 7) is -2.91. The number of fused-ring (bicyclic) bond motifs is 1. The van der Waals surface area contributed by atoms with Crippen molar-refractivity contribution in [2.75, 3.05) is 0 Å². The molecular formula is C25H18F4O. The number of halogens is 4. The molecule has 0 heterocycles. The van der Waals surface area contributed by atoms with E-state index in [0.717, 1.165) is 10.8 Å². The lowest BCUT2D eigenvalue weighted by molar-refractivity contribution is -0.0498. The summed E-state index contributed by atoms with van der Waals surface area (Å²) < 4.78 is 58.3. The highest BCUT2D eigenvalue weighted by Gasteiger charge is 2.14. The lowest BCUT2D eigenvalue weighted by atomic mass is 9.97. The average Bonchev–Trinajstić information content (AvgIpc) is 2.74. The summed E-state index contributed by atoms with van der Waals surface area (Å²) in [6, 6.07) is 23.4. The standard InChI is InChI=1S/C25H18F4O/c26-23(20-7-6-17-3-1-2-4-19(17)15-20)13-16-5-12-22(24(27)14-16)18-8-10-21(11-9-18)30-25(28)29/h1-12,14-15,23,25H,13H2. The van der Waals surface area contributed by atoms with Crippen LogP contribution in [0.3, 0.4) is 0 Å². The fourth-order valence-corrected chi connectivity index (χ4v) is 3.46. The van der Waals surface area contributed by atoms with Crippen LogP contribution < -0.4 is 4.74 Å². The van der Waals surface area contributed by atoms with Gasteiger partial charge < -0.3 is 4.74 Å². The van der Waals surface area contributed by atoms with E-state index < -0.39 is 18.6 Å². The van der Waals surface area contributed by atoms with Crippen molar-refractivity contribution in [2.45, 2.75) is 19.2 Å². The van der Waals surface area contributed by atoms with Gasteiger partial charge in [0, 0.05) is 12.0 Å². The minimum atomic E-state index is -2.91. The van der Waals surface area contributed by atoms with E-state index in [4.69, 9.17) is 0 Å². The van der Waals surface area contributed by atoms with Crippen LogP contribution in [-0.4, -0.2) is 6.61 Å². The SMILES string of the molecule is Fc1cc(CC(F)c2ccc3ccccc3c2)ccc1-c1ccc(OC(F)F)cc1. The van der Waals surface area contributed by atoms with Gasteiger partial charge in [0.1, 0.15) is 17.7 Å².